The molecule has 0 spiro atoms. The summed E-state index contributed by atoms with van der Waals surface area (Å²) in [7, 11) is -1.88. The van der Waals surface area contributed by atoms with Crippen molar-refractivity contribution in [2.24, 2.45) is 7.05 Å². The van der Waals surface area contributed by atoms with Gasteiger partial charge in [-0.2, -0.15) is 4.31 Å². The number of rotatable bonds is 4. The Morgan fingerprint density at radius 1 is 1.35 bits per heavy atom. The van der Waals surface area contributed by atoms with Crippen molar-refractivity contribution in [1.29, 1.82) is 0 Å². The van der Waals surface area contributed by atoms with Gasteiger partial charge in [-0.3, -0.25) is 0 Å². The first-order valence-electron chi connectivity index (χ1n) is 7.30. The Balaban J connectivity index is 1.96. The molecule has 23 heavy (non-hydrogen) atoms. The first kappa shape index (κ1) is 15.7. The van der Waals surface area contributed by atoms with E-state index in [9.17, 15) is 8.42 Å². The van der Waals surface area contributed by atoms with Crippen molar-refractivity contribution in [1.82, 2.24) is 18.8 Å². The summed E-state index contributed by atoms with van der Waals surface area (Å²) in [6.07, 6.45) is 6.52. The number of aryl methyl sites for hydroxylation is 1. The number of nitrogens with zero attached hydrogens (tertiary/aromatic N) is 5. The van der Waals surface area contributed by atoms with Crippen molar-refractivity contribution in [2.75, 3.05) is 24.5 Å². The van der Waals surface area contributed by atoms with E-state index in [-0.39, 0.29) is 11.6 Å². The summed E-state index contributed by atoms with van der Waals surface area (Å²) < 4.78 is 28.7. The van der Waals surface area contributed by atoms with E-state index in [2.05, 4.69) is 16.5 Å². The van der Waals surface area contributed by atoms with E-state index in [1.54, 1.807) is 23.9 Å². The molecule has 0 saturated heterocycles. The molecule has 0 aliphatic carbocycles. The van der Waals surface area contributed by atoms with Gasteiger partial charge in [-0.1, -0.05) is 12.1 Å². The molecule has 0 aromatic carbocycles. The van der Waals surface area contributed by atoms with Crippen LogP contribution in [0, 0.1) is 0 Å². The molecule has 0 unspecified atom stereocenters. The van der Waals surface area contributed by atoms with E-state index in [0.29, 0.717) is 19.6 Å². The van der Waals surface area contributed by atoms with Gasteiger partial charge in [-0.15, -0.1) is 6.58 Å². The van der Waals surface area contributed by atoms with Gasteiger partial charge in [0.1, 0.15) is 5.82 Å². The van der Waals surface area contributed by atoms with E-state index in [0.717, 1.165) is 11.4 Å². The second-order valence-corrected chi connectivity index (χ2v) is 7.32. The molecule has 2 aromatic heterocycles. The molecular weight excluding hydrogens is 314 g/mol. The van der Waals surface area contributed by atoms with Crippen molar-refractivity contribution >= 4 is 15.8 Å². The minimum Gasteiger partial charge on any atom is -0.351 e. The zero-order valence-corrected chi connectivity index (χ0v) is 13.8. The molecule has 0 atom stereocenters. The van der Waals surface area contributed by atoms with Crippen molar-refractivity contribution in [2.45, 2.75) is 11.6 Å². The Bertz CT molecular complexity index is 815. The lowest BCUT2D eigenvalue weighted by molar-refractivity contribution is 0.417. The van der Waals surface area contributed by atoms with Gasteiger partial charge in [0, 0.05) is 51.2 Å². The fourth-order valence-electron chi connectivity index (χ4n) is 2.64. The fraction of sp³-hybridized carbons (Fsp3) is 0.333. The van der Waals surface area contributed by atoms with E-state index >= 15 is 0 Å². The summed E-state index contributed by atoms with van der Waals surface area (Å²) in [4.78, 5) is 10.4. The van der Waals surface area contributed by atoms with Gasteiger partial charge < -0.3 is 9.47 Å². The Hall–Kier alpha value is -2.19. The van der Waals surface area contributed by atoms with Crippen LogP contribution < -0.4 is 4.90 Å². The zero-order valence-electron chi connectivity index (χ0n) is 13.0. The Labute approximate surface area is 135 Å². The molecule has 8 heteroatoms. The van der Waals surface area contributed by atoms with Crippen molar-refractivity contribution in [3.8, 4) is 0 Å². The normalized spacial score (nSPS) is 16.0. The number of aromatic nitrogens is 3. The Morgan fingerprint density at radius 3 is 2.87 bits per heavy atom. The lowest BCUT2D eigenvalue weighted by atomic mass is 10.2. The minimum absolute atomic E-state index is 0.0719. The highest BCUT2D eigenvalue weighted by Gasteiger charge is 2.30. The molecular formula is C15H19N5O2S. The van der Waals surface area contributed by atoms with Crippen LogP contribution in [0.2, 0.25) is 0 Å². The maximum absolute atomic E-state index is 12.8. The lowest BCUT2D eigenvalue weighted by Crippen LogP contribution is -2.35. The van der Waals surface area contributed by atoms with Gasteiger partial charge in [-0.25, -0.2) is 18.4 Å². The van der Waals surface area contributed by atoms with Crippen LogP contribution in [0.25, 0.3) is 0 Å². The summed E-state index contributed by atoms with van der Waals surface area (Å²) in [6, 6.07) is 3.73. The average Bonchev–Trinajstić information content (AvgIpc) is 2.88. The summed E-state index contributed by atoms with van der Waals surface area (Å²) in [5.41, 5.74) is 0.881. The highest BCUT2D eigenvalue weighted by Crippen LogP contribution is 2.25. The predicted molar refractivity (Wildman–Crippen MR) is 87.5 cm³/mol. The van der Waals surface area contributed by atoms with Crippen LogP contribution in [0.1, 0.15) is 5.56 Å². The maximum Gasteiger partial charge on any atom is 0.262 e. The first-order chi connectivity index (χ1) is 11.0. The third kappa shape index (κ3) is 2.99. The standard InChI is InChI=1S/C15H19N5O2S/c1-3-7-19-8-9-20(10-13-5-4-6-16-15(13)19)23(21,22)14-11-18(2)12-17-14/h3-6,11-12H,1,7-10H2,2H3. The molecule has 0 fully saturated rings. The molecule has 1 aliphatic rings. The maximum atomic E-state index is 12.8. The van der Waals surface area contributed by atoms with Gasteiger partial charge >= 0.3 is 0 Å². The Morgan fingerprint density at radius 2 is 2.17 bits per heavy atom. The molecule has 0 radical (unpaired) electrons. The third-order valence-electron chi connectivity index (χ3n) is 3.77. The van der Waals surface area contributed by atoms with Crippen LogP contribution in [0.15, 0.2) is 48.5 Å². The van der Waals surface area contributed by atoms with E-state index < -0.39 is 10.0 Å². The van der Waals surface area contributed by atoms with Gasteiger partial charge in [0.15, 0.2) is 5.03 Å². The smallest absolute Gasteiger partial charge is 0.262 e. The molecule has 7 nitrogen and oxygen atoms in total. The number of pyridine rings is 1. The number of anilines is 1. The monoisotopic (exact) mass is 333 g/mol. The summed E-state index contributed by atoms with van der Waals surface area (Å²) in [6.45, 7) is 5.61. The minimum atomic E-state index is -3.62. The first-order valence-corrected chi connectivity index (χ1v) is 8.74. The summed E-state index contributed by atoms with van der Waals surface area (Å²) in [5.74, 6) is 0.811. The number of hydrogen-bond donors (Lipinski definition) is 0. The van der Waals surface area contributed by atoms with Gasteiger partial charge in [0.25, 0.3) is 10.0 Å². The largest absolute Gasteiger partial charge is 0.351 e. The molecule has 2 aromatic rings. The SMILES string of the molecule is C=CCN1CCN(S(=O)(=O)c2cn(C)cn2)Cc2cccnc21. The highest BCUT2D eigenvalue weighted by atomic mass is 32.2. The van der Waals surface area contributed by atoms with Gasteiger partial charge in [0.2, 0.25) is 0 Å². The zero-order chi connectivity index (χ0) is 16.4. The van der Waals surface area contributed by atoms with Crippen LogP contribution in [0.5, 0.6) is 0 Å². The van der Waals surface area contributed by atoms with Gasteiger partial charge in [0.05, 0.1) is 6.33 Å². The van der Waals surface area contributed by atoms with E-state index in [1.807, 2.05) is 17.0 Å². The van der Waals surface area contributed by atoms with Crippen LogP contribution >= 0.6 is 0 Å². The van der Waals surface area contributed by atoms with Crippen molar-refractivity contribution < 1.29 is 8.42 Å². The van der Waals surface area contributed by atoms with Crippen LogP contribution in [-0.4, -0.2) is 46.9 Å². The van der Waals surface area contributed by atoms with Crippen LogP contribution in [0.4, 0.5) is 5.82 Å². The molecule has 0 saturated carbocycles. The molecule has 3 rings (SSSR count). The number of hydrogen-bond acceptors (Lipinski definition) is 5. The molecule has 3 heterocycles. The quantitative estimate of drug-likeness (QED) is 0.781. The lowest BCUT2D eigenvalue weighted by Gasteiger charge is -2.21. The molecule has 0 N–H and O–H groups in total. The van der Waals surface area contributed by atoms with E-state index in [1.165, 1.54) is 16.8 Å². The second kappa shape index (κ2) is 6.13. The summed E-state index contributed by atoms with van der Waals surface area (Å²) in [5, 5.41) is 0.0719. The van der Waals surface area contributed by atoms with Crippen LogP contribution in [0.3, 0.4) is 0 Å². The second-order valence-electron chi connectivity index (χ2n) is 5.44. The predicted octanol–water partition coefficient (Wildman–Crippen LogP) is 1.01. The van der Waals surface area contributed by atoms with Crippen molar-refractivity contribution in [3.05, 3.63) is 49.1 Å². The molecule has 122 valence electrons. The number of imidazole rings is 1. The molecule has 0 bridgehead atoms. The highest BCUT2D eigenvalue weighted by molar-refractivity contribution is 7.89. The Kier molecular flexibility index (Phi) is 4.18. The third-order valence-corrected chi connectivity index (χ3v) is 5.50. The van der Waals surface area contributed by atoms with Crippen molar-refractivity contribution in [3.63, 3.8) is 0 Å². The number of fused-ring (bicyclic) bond motifs is 1. The average molecular weight is 333 g/mol. The molecule has 1 aliphatic heterocycles. The number of sulfonamides is 1. The van der Waals surface area contributed by atoms with E-state index in [4.69, 9.17) is 0 Å². The topological polar surface area (TPSA) is 71.3 Å². The van der Waals surface area contributed by atoms with Crippen LogP contribution in [-0.2, 0) is 23.6 Å². The summed E-state index contributed by atoms with van der Waals surface area (Å²) >= 11 is 0. The van der Waals surface area contributed by atoms with Gasteiger partial charge in [-0.05, 0) is 6.07 Å². The fourth-order valence-corrected chi connectivity index (χ4v) is 4.01. The molecule has 0 amide bonds.